The molecule has 0 unspecified atom stereocenters. The number of halogens is 5. The Balaban J connectivity index is 2.44. The summed E-state index contributed by atoms with van der Waals surface area (Å²) in [5.74, 6) is -14.8. The smallest absolute Gasteiger partial charge is 0.369 e. The number of amides is 1. The topological polar surface area (TPSA) is 98.3 Å². The Hall–Kier alpha value is -2.35. The molecule has 0 bridgehead atoms. The highest BCUT2D eigenvalue weighted by Crippen LogP contribution is 2.32. The number of carbonyl (C=O) groups is 1. The van der Waals surface area contributed by atoms with Gasteiger partial charge in [-0.05, 0) is 0 Å². The van der Waals surface area contributed by atoms with E-state index >= 15 is 0 Å². The van der Waals surface area contributed by atoms with Crippen LogP contribution in [0.15, 0.2) is 4.34 Å². The molecule has 1 amide bonds. The average molecular weight is 389 g/mol. The van der Waals surface area contributed by atoms with E-state index in [-0.39, 0.29) is 16.5 Å². The molecule has 1 N–H and O–H groups in total. The van der Waals surface area contributed by atoms with Crippen LogP contribution in [-0.2, 0) is 14.9 Å². The largest absolute Gasteiger partial charge is 0.371 e. The summed E-state index contributed by atoms with van der Waals surface area (Å²) in [5.41, 5.74) is 0. The first-order valence-corrected chi connectivity index (χ1v) is 7.84. The predicted molar refractivity (Wildman–Crippen MR) is 68.3 cm³/mol. The fraction of sp³-hybridized carbons (Fsp3) is 0.100. The van der Waals surface area contributed by atoms with Gasteiger partial charge in [0.2, 0.25) is 45.9 Å². The lowest BCUT2D eigenvalue weighted by atomic mass is 10.3. The van der Waals surface area contributed by atoms with Crippen molar-refractivity contribution in [3.63, 3.8) is 0 Å². The molecule has 0 saturated heterocycles. The van der Waals surface area contributed by atoms with Crippen LogP contribution in [0.4, 0.5) is 27.1 Å². The van der Waals surface area contributed by atoms with Gasteiger partial charge in [0.25, 0.3) is 4.34 Å². The van der Waals surface area contributed by atoms with Crippen LogP contribution in [0, 0.1) is 29.1 Å². The maximum atomic E-state index is 13.4. The Kier molecular flexibility index (Phi) is 4.70. The zero-order chi connectivity index (χ0) is 18.2. The van der Waals surface area contributed by atoms with E-state index in [9.17, 15) is 35.2 Å². The third kappa shape index (κ3) is 3.28. The predicted octanol–water partition coefficient (Wildman–Crippen LogP) is 1.96. The second-order valence-electron chi connectivity index (χ2n) is 3.99. The van der Waals surface area contributed by atoms with Gasteiger partial charge >= 0.3 is 10.1 Å². The van der Waals surface area contributed by atoms with Gasteiger partial charge in [0.05, 0.1) is 0 Å². The molecule has 0 fully saturated rings. The maximum Gasteiger partial charge on any atom is 0.369 e. The molecule has 0 aliphatic carbocycles. The van der Waals surface area contributed by atoms with Gasteiger partial charge in [-0.25, -0.2) is 13.2 Å². The van der Waals surface area contributed by atoms with Crippen LogP contribution in [0.25, 0.3) is 0 Å². The third-order valence-corrected chi connectivity index (χ3v) is 4.66. The number of nitrogens with zero attached hydrogens (tertiary/aromatic N) is 2. The molecule has 130 valence electrons. The normalized spacial score (nSPS) is 11.4. The summed E-state index contributed by atoms with van der Waals surface area (Å²) in [4.78, 5) is 10.8. The summed E-state index contributed by atoms with van der Waals surface area (Å²) in [7, 11) is -5.06. The summed E-state index contributed by atoms with van der Waals surface area (Å²) in [6, 6.07) is 0. The Labute approximate surface area is 134 Å². The molecule has 0 atom stereocenters. The monoisotopic (exact) mass is 389 g/mol. The lowest BCUT2D eigenvalue weighted by Crippen LogP contribution is -2.14. The Morgan fingerprint density at radius 1 is 1.00 bits per heavy atom. The molecular weight excluding hydrogens is 385 g/mol. The zero-order valence-electron chi connectivity index (χ0n) is 11.2. The van der Waals surface area contributed by atoms with E-state index < -0.39 is 55.2 Å². The first-order valence-electron chi connectivity index (χ1n) is 5.61. The number of carbonyl (C=O) groups excluding carboxylic acids is 1. The fourth-order valence-electron chi connectivity index (χ4n) is 1.32. The van der Waals surface area contributed by atoms with E-state index in [2.05, 4.69) is 19.7 Å². The fourth-order valence-corrected chi connectivity index (χ4v) is 3.16. The first kappa shape index (κ1) is 18.0. The molecule has 0 radical (unpaired) electrons. The van der Waals surface area contributed by atoms with Gasteiger partial charge < -0.3 is 9.50 Å². The average Bonchev–Trinajstić information content (AvgIpc) is 2.96. The molecule has 1 heterocycles. The Bertz CT molecular complexity index is 902. The van der Waals surface area contributed by atoms with Crippen molar-refractivity contribution in [3.8, 4) is 5.75 Å². The minimum atomic E-state index is -5.06. The van der Waals surface area contributed by atoms with E-state index in [1.54, 1.807) is 0 Å². The highest BCUT2D eigenvalue weighted by atomic mass is 32.3. The number of nitrogens with one attached hydrogen (secondary N) is 1. The van der Waals surface area contributed by atoms with Gasteiger partial charge in [0.1, 0.15) is 0 Å². The first-order chi connectivity index (χ1) is 11.0. The molecule has 0 aliphatic rings. The van der Waals surface area contributed by atoms with Crippen molar-refractivity contribution in [1.82, 2.24) is 10.2 Å². The van der Waals surface area contributed by atoms with Gasteiger partial charge in [-0.15, -0.1) is 10.2 Å². The quantitative estimate of drug-likeness (QED) is 0.282. The minimum Gasteiger partial charge on any atom is -0.371 e. The molecule has 2 aromatic rings. The number of hydrogen-bond acceptors (Lipinski definition) is 7. The molecule has 0 saturated carbocycles. The van der Waals surface area contributed by atoms with E-state index in [1.807, 2.05) is 0 Å². The second kappa shape index (κ2) is 6.27. The summed E-state index contributed by atoms with van der Waals surface area (Å²) < 4.78 is 92.4. The maximum absolute atomic E-state index is 13.4. The van der Waals surface area contributed by atoms with Gasteiger partial charge in [-0.3, -0.25) is 4.79 Å². The van der Waals surface area contributed by atoms with Crippen molar-refractivity contribution in [2.24, 2.45) is 0 Å². The molecule has 24 heavy (non-hydrogen) atoms. The summed E-state index contributed by atoms with van der Waals surface area (Å²) >= 11 is 0.237. The van der Waals surface area contributed by atoms with Crippen LogP contribution in [-0.4, -0.2) is 24.5 Å². The number of hydrogen-bond donors (Lipinski definition) is 1. The second-order valence-corrected chi connectivity index (χ2v) is 6.69. The number of aromatic nitrogens is 2. The summed E-state index contributed by atoms with van der Waals surface area (Å²) in [6.45, 7) is 1.08. The van der Waals surface area contributed by atoms with Crippen molar-refractivity contribution in [2.45, 2.75) is 11.3 Å². The van der Waals surface area contributed by atoms with E-state index in [0.29, 0.717) is 0 Å². The molecule has 1 aromatic heterocycles. The minimum absolute atomic E-state index is 0.237. The highest BCUT2D eigenvalue weighted by molar-refractivity contribution is 7.89. The molecule has 7 nitrogen and oxygen atoms in total. The van der Waals surface area contributed by atoms with Crippen LogP contribution in [0.2, 0.25) is 0 Å². The van der Waals surface area contributed by atoms with Crippen molar-refractivity contribution >= 4 is 32.5 Å². The molecule has 0 spiro atoms. The standard InChI is InChI=1S/C10H4F5N3O4S2/c1-2(19)16-9-17-18-10(23-9)24(20,21)22-8-6(14)4(12)3(11)5(13)7(8)15/h1H3,(H,16,17,19). The van der Waals surface area contributed by atoms with Crippen molar-refractivity contribution in [2.75, 3.05) is 5.32 Å². The molecule has 2 rings (SSSR count). The molecule has 14 heteroatoms. The van der Waals surface area contributed by atoms with Crippen LogP contribution in [0.1, 0.15) is 6.92 Å². The lowest BCUT2D eigenvalue weighted by Gasteiger charge is -2.08. The highest BCUT2D eigenvalue weighted by Gasteiger charge is 2.32. The zero-order valence-corrected chi connectivity index (χ0v) is 12.9. The van der Waals surface area contributed by atoms with Gasteiger partial charge in [-0.2, -0.15) is 17.2 Å². The molecule has 0 aliphatic heterocycles. The van der Waals surface area contributed by atoms with Crippen LogP contribution < -0.4 is 9.50 Å². The lowest BCUT2D eigenvalue weighted by molar-refractivity contribution is -0.114. The van der Waals surface area contributed by atoms with Crippen molar-refractivity contribution < 1.29 is 39.3 Å². The van der Waals surface area contributed by atoms with Crippen molar-refractivity contribution in [1.29, 1.82) is 0 Å². The molecular formula is C10H4F5N3O4S2. The number of rotatable bonds is 4. The van der Waals surface area contributed by atoms with E-state index in [1.165, 1.54) is 0 Å². The number of benzene rings is 1. The van der Waals surface area contributed by atoms with Gasteiger partial charge in [0.15, 0.2) is 0 Å². The van der Waals surface area contributed by atoms with Crippen LogP contribution in [0.5, 0.6) is 5.75 Å². The van der Waals surface area contributed by atoms with Gasteiger partial charge in [0, 0.05) is 6.92 Å². The van der Waals surface area contributed by atoms with Crippen LogP contribution in [0.3, 0.4) is 0 Å². The van der Waals surface area contributed by atoms with E-state index in [0.717, 1.165) is 6.92 Å². The molecule has 1 aromatic carbocycles. The van der Waals surface area contributed by atoms with Crippen molar-refractivity contribution in [3.05, 3.63) is 29.1 Å². The Morgan fingerprint density at radius 2 is 1.50 bits per heavy atom. The van der Waals surface area contributed by atoms with Crippen LogP contribution >= 0.6 is 11.3 Å². The van der Waals surface area contributed by atoms with E-state index in [4.69, 9.17) is 0 Å². The van der Waals surface area contributed by atoms with Gasteiger partial charge in [-0.1, -0.05) is 11.3 Å². The number of anilines is 1. The summed E-state index contributed by atoms with van der Waals surface area (Å²) in [5, 5.41) is 8.12. The SMILES string of the molecule is CC(=O)Nc1nnc(S(=O)(=O)Oc2c(F)c(F)c(F)c(F)c2F)s1. The Morgan fingerprint density at radius 3 is 2.00 bits per heavy atom. The summed E-state index contributed by atoms with van der Waals surface area (Å²) in [6.07, 6.45) is 0. The third-order valence-electron chi connectivity index (χ3n) is 2.27.